The molecule has 41 heavy (non-hydrogen) atoms. The highest BCUT2D eigenvalue weighted by Gasteiger charge is 2.81. The standard InChI is InChI=1S/C33H32BN4O3/c1-5-13-27(14-6-1)21-31-24-35-25-32(22-28-15-7-2-8-16-28)36(31)39-34(30-19-11-4-12-20-30)40-37(31)33(26-35,38(32)41-34)23-29-17-9-3-10-18-29/h1-20H,21-26H2/q-1. The molecule has 7 aliphatic heterocycles. The van der Waals surface area contributed by atoms with Gasteiger partial charge in [0, 0.05) is 38.9 Å². The van der Waals surface area contributed by atoms with Crippen LogP contribution in [-0.2, 0) is 33.5 Å². The van der Waals surface area contributed by atoms with Gasteiger partial charge in [0.1, 0.15) is 17.0 Å². The number of hydroxylamine groups is 6. The highest BCUT2D eigenvalue weighted by atomic mass is 17.0. The second kappa shape index (κ2) is 8.59. The average Bonchev–Trinajstić information content (AvgIpc) is 3.02. The number of hydrogen-bond acceptors (Lipinski definition) is 7. The van der Waals surface area contributed by atoms with Gasteiger partial charge in [-0.3, -0.25) is 4.90 Å². The summed E-state index contributed by atoms with van der Waals surface area (Å²) in [5, 5.41) is 6.91. The summed E-state index contributed by atoms with van der Waals surface area (Å²) in [5.74, 6) is 0. The first-order valence-corrected chi connectivity index (χ1v) is 14.7. The van der Waals surface area contributed by atoms with Crippen LogP contribution in [0.2, 0.25) is 0 Å². The van der Waals surface area contributed by atoms with E-state index in [0.717, 1.165) is 44.4 Å². The second-order valence-electron chi connectivity index (χ2n) is 12.3. The van der Waals surface area contributed by atoms with Gasteiger partial charge in [-0.15, -0.1) is 5.46 Å². The van der Waals surface area contributed by atoms with Crippen LogP contribution in [0.5, 0.6) is 0 Å². The van der Waals surface area contributed by atoms with E-state index in [2.05, 4.69) is 123 Å². The summed E-state index contributed by atoms with van der Waals surface area (Å²) >= 11 is 0. The van der Waals surface area contributed by atoms with Crippen molar-refractivity contribution in [1.29, 1.82) is 0 Å². The van der Waals surface area contributed by atoms with E-state index in [1.54, 1.807) is 0 Å². The third-order valence-electron chi connectivity index (χ3n) is 9.63. The highest BCUT2D eigenvalue weighted by molar-refractivity contribution is 6.75. The Hall–Kier alpha value is -3.34. The summed E-state index contributed by atoms with van der Waals surface area (Å²) in [4.78, 5) is 2.61. The third-order valence-corrected chi connectivity index (χ3v) is 9.63. The smallest absolute Gasteiger partial charge is 0.448 e. The van der Waals surface area contributed by atoms with Crippen LogP contribution < -0.4 is 5.46 Å². The average molecular weight is 543 g/mol. The van der Waals surface area contributed by atoms with E-state index in [4.69, 9.17) is 14.3 Å². The summed E-state index contributed by atoms with van der Waals surface area (Å²) in [6, 6.07) is 42.5. The molecule has 7 aliphatic rings. The lowest BCUT2D eigenvalue weighted by Gasteiger charge is -2.87. The minimum Gasteiger partial charge on any atom is -0.448 e. The van der Waals surface area contributed by atoms with E-state index < -0.39 is 23.7 Å². The fraction of sp³-hybridized carbons (Fsp3) is 0.273. The molecule has 0 unspecified atom stereocenters. The van der Waals surface area contributed by atoms with Crippen molar-refractivity contribution in [3.05, 3.63) is 138 Å². The number of rotatable bonds is 7. The molecule has 0 N–H and O–H groups in total. The SMILES string of the molecule is c1ccc(CC23CN4CC5(Cc6ccccc6)N2O[B-]2(c6ccccc6)ON3C(Cc3ccccc3)(C4)N5O2)cc1. The van der Waals surface area contributed by atoms with Crippen molar-refractivity contribution >= 4 is 12.2 Å². The fourth-order valence-corrected chi connectivity index (χ4v) is 8.34. The van der Waals surface area contributed by atoms with Crippen molar-refractivity contribution in [2.45, 2.75) is 36.3 Å². The van der Waals surface area contributed by atoms with E-state index in [0.29, 0.717) is 0 Å². The predicted molar refractivity (Wildman–Crippen MR) is 156 cm³/mol. The Morgan fingerprint density at radius 3 is 1.12 bits per heavy atom. The van der Waals surface area contributed by atoms with Crippen LogP contribution in [0.15, 0.2) is 121 Å². The molecule has 7 saturated heterocycles. The van der Waals surface area contributed by atoms with Crippen LogP contribution in [-0.4, -0.2) is 63.5 Å². The lowest BCUT2D eigenvalue weighted by molar-refractivity contribution is -0.596. The molecule has 0 saturated carbocycles. The van der Waals surface area contributed by atoms with Crippen molar-refractivity contribution in [2.75, 3.05) is 19.6 Å². The van der Waals surface area contributed by atoms with Crippen LogP contribution in [0.4, 0.5) is 0 Å². The monoisotopic (exact) mass is 543 g/mol. The van der Waals surface area contributed by atoms with Crippen molar-refractivity contribution in [1.82, 2.24) is 20.1 Å². The number of hydrogen-bond donors (Lipinski definition) is 0. The summed E-state index contributed by atoms with van der Waals surface area (Å²) in [5.41, 5.74) is 3.06. The molecular weight excluding hydrogens is 511 g/mol. The Balaban J connectivity index is 1.27. The number of nitrogens with zero attached hydrogens (tertiary/aromatic N) is 4. The molecule has 4 aromatic carbocycles. The first kappa shape index (κ1) is 24.3. The Morgan fingerprint density at radius 1 is 0.463 bits per heavy atom. The Kier molecular flexibility index (Phi) is 5.09. The molecule has 0 spiro atoms. The summed E-state index contributed by atoms with van der Waals surface area (Å²) in [7, 11) is 0. The third kappa shape index (κ3) is 3.29. The van der Waals surface area contributed by atoms with Gasteiger partial charge >= 0.3 is 6.75 Å². The van der Waals surface area contributed by atoms with Gasteiger partial charge in [0.2, 0.25) is 0 Å². The molecule has 8 bridgehead atoms. The molecule has 0 atom stereocenters. The second-order valence-corrected chi connectivity index (χ2v) is 12.3. The molecule has 0 radical (unpaired) electrons. The zero-order valence-corrected chi connectivity index (χ0v) is 22.9. The maximum Gasteiger partial charge on any atom is 0.457 e. The molecule has 7 heterocycles. The quantitative estimate of drug-likeness (QED) is 0.329. The van der Waals surface area contributed by atoms with Gasteiger partial charge in [-0.2, -0.15) is 15.2 Å². The van der Waals surface area contributed by atoms with Gasteiger partial charge in [0.15, 0.2) is 0 Å². The molecule has 0 aliphatic carbocycles. The number of piperazine rings is 3. The van der Waals surface area contributed by atoms with Crippen molar-refractivity contribution in [3.63, 3.8) is 0 Å². The predicted octanol–water partition coefficient (Wildman–Crippen LogP) is 3.72. The molecule has 7 fully saturated rings. The summed E-state index contributed by atoms with van der Waals surface area (Å²) < 4.78 is 21.4. The first-order valence-electron chi connectivity index (χ1n) is 14.7. The summed E-state index contributed by atoms with van der Waals surface area (Å²) in [6.45, 7) is 0.204. The zero-order valence-electron chi connectivity index (χ0n) is 22.9. The van der Waals surface area contributed by atoms with Crippen LogP contribution in [0, 0.1) is 0 Å². The van der Waals surface area contributed by atoms with Crippen molar-refractivity contribution < 1.29 is 14.3 Å². The van der Waals surface area contributed by atoms with E-state index in [1.165, 1.54) is 16.7 Å². The molecule has 206 valence electrons. The van der Waals surface area contributed by atoms with Gasteiger partial charge in [0.05, 0.1) is 0 Å². The molecule has 11 rings (SSSR count). The molecular formula is C33H32BN4O3-. The van der Waals surface area contributed by atoms with Gasteiger partial charge in [-0.1, -0.05) is 121 Å². The molecule has 8 heteroatoms. The maximum absolute atomic E-state index is 7.12. The van der Waals surface area contributed by atoms with Crippen LogP contribution in [0.25, 0.3) is 0 Å². The number of benzene rings is 4. The molecule has 4 aromatic rings. The maximum atomic E-state index is 7.12. The van der Waals surface area contributed by atoms with E-state index in [9.17, 15) is 0 Å². The molecule has 0 amide bonds. The minimum absolute atomic E-state index is 0.540. The van der Waals surface area contributed by atoms with Gasteiger partial charge in [-0.25, -0.2) is 0 Å². The molecule has 0 aromatic heterocycles. The lowest BCUT2D eigenvalue weighted by Crippen LogP contribution is -3.05. The van der Waals surface area contributed by atoms with E-state index >= 15 is 0 Å². The van der Waals surface area contributed by atoms with Gasteiger partial charge in [-0.05, 0) is 16.7 Å². The van der Waals surface area contributed by atoms with Crippen LogP contribution in [0.1, 0.15) is 16.7 Å². The van der Waals surface area contributed by atoms with Crippen LogP contribution >= 0.6 is 0 Å². The van der Waals surface area contributed by atoms with Crippen molar-refractivity contribution in [2.24, 2.45) is 0 Å². The Morgan fingerprint density at radius 2 is 0.780 bits per heavy atom. The van der Waals surface area contributed by atoms with E-state index in [1.807, 2.05) is 18.2 Å². The Labute approximate surface area is 240 Å². The fourth-order valence-electron chi connectivity index (χ4n) is 8.34. The lowest BCUT2D eigenvalue weighted by atomic mass is 9.66. The minimum atomic E-state index is -2.27. The molecule has 7 nitrogen and oxygen atoms in total. The van der Waals surface area contributed by atoms with Gasteiger partial charge in [0.25, 0.3) is 0 Å². The topological polar surface area (TPSA) is 40.7 Å². The van der Waals surface area contributed by atoms with E-state index in [-0.39, 0.29) is 0 Å². The van der Waals surface area contributed by atoms with Crippen molar-refractivity contribution in [3.8, 4) is 0 Å². The normalized spacial score (nSPS) is 39.3. The highest BCUT2D eigenvalue weighted by Crippen LogP contribution is 2.62. The summed E-state index contributed by atoms with van der Waals surface area (Å²) in [6.07, 6.45) is 2.31. The van der Waals surface area contributed by atoms with Gasteiger partial charge < -0.3 is 14.3 Å². The Bertz CT molecular complexity index is 1410. The largest absolute Gasteiger partial charge is 0.457 e. The van der Waals surface area contributed by atoms with Crippen LogP contribution in [0.3, 0.4) is 0 Å². The first-order chi connectivity index (χ1) is 20.1. The zero-order chi connectivity index (χ0) is 27.1.